The number of hydrogen-bond donors (Lipinski definition) is 3. The second-order valence-corrected chi connectivity index (χ2v) is 4.89. The van der Waals surface area contributed by atoms with Gasteiger partial charge >= 0.3 is 12.1 Å². The van der Waals surface area contributed by atoms with Crippen molar-refractivity contribution in [3.8, 4) is 5.75 Å². The van der Waals surface area contributed by atoms with Crippen LogP contribution in [0, 0.1) is 10.1 Å². The van der Waals surface area contributed by atoms with Crippen molar-refractivity contribution in [1.29, 1.82) is 0 Å². The second kappa shape index (κ2) is 9.78. The highest BCUT2D eigenvalue weighted by Crippen LogP contribution is 2.18. The van der Waals surface area contributed by atoms with E-state index >= 15 is 0 Å². The molecule has 0 unspecified atom stereocenters. The minimum atomic E-state index is -0.983. The Morgan fingerprint density at radius 3 is 2.28 bits per heavy atom. The Hall–Kier alpha value is -3.27. The van der Waals surface area contributed by atoms with E-state index in [-0.39, 0.29) is 17.9 Å². The SMILES string of the molecule is NC(=O)Oc1ccccc1CO[N+](=O)[O-].O=C(O)c1ccc(S)cc1. The molecule has 0 fully saturated rings. The highest BCUT2D eigenvalue weighted by molar-refractivity contribution is 7.80. The summed E-state index contributed by atoms with van der Waals surface area (Å²) in [7, 11) is 0. The lowest BCUT2D eigenvalue weighted by Gasteiger charge is -2.06. The van der Waals surface area contributed by atoms with Crippen LogP contribution in [0.15, 0.2) is 53.4 Å². The molecular weight excluding hydrogens is 352 g/mol. The molecule has 0 aliphatic carbocycles. The average molecular weight is 366 g/mol. The quantitative estimate of drug-likeness (QED) is 0.419. The standard InChI is InChI=1S/C8H8N2O5.C7H6O2S/c9-8(11)15-7-4-2-1-3-6(7)5-14-10(12)13;8-7(9)5-1-3-6(10)4-2-5/h1-4H,5H2,(H2,9,11);1-4,10H,(H,8,9). The van der Waals surface area contributed by atoms with Gasteiger partial charge in [0.2, 0.25) is 0 Å². The molecule has 0 atom stereocenters. The van der Waals surface area contributed by atoms with Crippen LogP contribution < -0.4 is 10.5 Å². The van der Waals surface area contributed by atoms with E-state index in [0.29, 0.717) is 5.56 Å². The van der Waals surface area contributed by atoms with Crippen LogP contribution in [-0.2, 0) is 11.4 Å². The third kappa shape index (κ3) is 7.70. The molecule has 0 aliphatic rings. The van der Waals surface area contributed by atoms with Gasteiger partial charge in [-0.1, -0.05) is 18.2 Å². The van der Waals surface area contributed by atoms with Crippen LogP contribution in [0.2, 0.25) is 0 Å². The Morgan fingerprint density at radius 2 is 1.76 bits per heavy atom. The number of nitrogens with zero attached hydrogens (tertiary/aromatic N) is 1. The van der Waals surface area contributed by atoms with E-state index in [2.05, 4.69) is 22.2 Å². The summed E-state index contributed by atoms with van der Waals surface area (Å²) in [5, 5.41) is 17.5. The van der Waals surface area contributed by atoms with Gasteiger partial charge in [0.05, 0.1) is 5.56 Å². The maximum atomic E-state index is 10.5. The van der Waals surface area contributed by atoms with Gasteiger partial charge in [-0.15, -0.1) is 22.7 Å². The molecule has 0 heterocycles. The maximum absolute atomic E-state index is 10.5. The zero-order chi connectivity index (χ0) is 18.8. The van der Waals surface area contributed by atoms with E-state index in [9.17, 15) is 19.7 Å². The third-order valence-electron chi connectivity index (χ3n) is 2.62. The van der Waals surface area contributed by atoms with Gasteiger partial charge < -0.3 is 20.4 Å². The number of primary amides is 1. The molecule has 9 nitrogen and oxygen atoms in total. The number of aromatic carboxylic acids is 1. The van der Waals surface area contributed by atoms with Crippen molar-refractivity contribution in [2.45, 2.75) is 11.5 Å². The molecule has 3 N–H and O–H groups in total. The van der Waals surface area contributed by atoms with Gasteiger partial charge in [0.25, 0.3) is 5.09 Å². The molecule has 0 aliphatic heterocycles. The fourth-order valence-corrected chi connectivity index (χ4v) is 1.71. The van der Waals surface area contributed by atoms with Gasteiger partial charge in [-0.2, -0.15) is 0 Å². The Kier molecular flexibility index (Phi) is 7.73. The Labute approximate surface area is 147 Å². The molecule has 1 amide bonds. The van der Waals surface area contributed by atoms with Gasteiger partial charge in [-0.05, 0) is 30.3 Å². The van der Waals surface area contributed by atoms with Crippen molar-refractivity contribution in [3.63, 3.8) is 0 Å². The van der Waals surface area contributed by atoms with Crippen molar-refractivity contribution in [2.24, 2.45) is 5.73 Å². The lowest BCUT2D eigenvalue weighted by Crippen LogP contribution is -2.17. The summed E-state index contributed by atoms with van der Waals surface area (Å²) in [6, 6.07) is 12.6. The van der Waals surface area contributed by atoms with E-state index in [4.69, 9.17) is 10.8 Å². The number of carbonyl (C=O) groups is 2. The number of ether oxygens (including phenoxy) is 1. The first-order valence-electron chi connectivity index (χ1n) is 6.64. The highest BCUT2D eigenvalue weighted by atomic mass is 32.1. The molecule has 0 saturated heterocycles. The Balaban J connectivity index is 0.000000271. The number of carboxylic acid groups (broad SMARTS) is 1. The predicted octanol–water partition coefficient (Wildman–Crippen LogP) is 2.53. The molecule has 132 valence electrons. The summed E-state index contributed by atoms with van der Waals surface area (Å²) in [4.78, 5) is 35.6. The smallest absolute Gasteiger partial charge is 0.409 e. The Bertz CT molecular complexity index is 750. The van der Waals surface area contributed by atoms with E-state index in [1.807, 2.05) is 0 Å². The van der Waals surface area contributed by atoms with Crippen LogP contribution in [0.4, 0.5) is 4.79 Å². The predicted molar refractivity (Wildman–Crippen MR) is 89.1 cm³/mol. The van der Waals surface area contributed by atoms with E-state index in [1.54, 1.807) is 24.3 Å². The Morgan fingerprint density at radius 1 is 1.16 bits per heavy atom. The third-order valence-corrected chi connectivity index (χ3v) is 2.92. The van der Waals surface area contributed by atoms with Crippen molar-refractivity contribution < 1.29 is 29.4 Å². The van der Waals surface area contributed by atoms with Gasteiger partial charge in [0, 0.05) is 10.5 Å². The molecule has 0 bridgehead atoms. The number of benzene rings is 2. The molecule has 0 radical (unpaired) electrons. The summed E-state index contributed by atoms with van der Waals surface area (Å²) in [5.74, 6) is -0.764. The molecule has 0 aromatic heterocycles. The maximum Gasteiger partial charge on any atom is 0.409 e. The van der Waals surface area contributed by atoms with Crippen molar-refractivity contribution in [2.75, 3.05) is 0 Å². The monoisotopic (exact) mass is 366 g/mol. The first kappa shape index (κ1) is 19.8. The number of nitrogens with two attached hydrogens (primary N) is 1. The summed E-state index contributed by atoms with van der Waals surface area (Å²) in [5.41, 5.74) is 5.47. The van der Waals surface area contributed by atoms with Crippen LogP contribution in [-0.4, -0.2) is 22.3 Å². The number of thiol groups is 1. The van der Waals surface area contributed by atoms with Crippen LogP contribution in [0.5, 0.6) is 5.75 Å². The molecular formula is C15H14N2O7S. The molecule has 25 heavy (non-hydrogen) atoms. The van der Waals surface area contributed by atoms with Crippen LogP contribution in [0.3, 0.4) is 0 Å². The number of carbonyl (C=O) groups excluding carboxylic acids is 1. The van der Waals surface area contributed by atoms with Gasteiger partial charge in [0.1, 0.15) is 12.4 Å². The molecule has 0 spiro atoms. The molecule has 2 aromatic rings. The summed E-state index contributed by atoms with van der Waals surface area (Å²) in [6.07, 6.45) is -0.983. The number of carboxylic acids is 1. The van der Waals surface area contributed by atoms with Crippen molar-refractivity contribution in [3.05, 3.63) is 69.8 Å². The van der Waals surface area contributed by atoms with Crippen LogP contribution in [0.1, 0.15) is 15.9 Å². The average Bonchev–Trinajstić information content (AvgIpc) is 2.54. The summed E-state index contributed by atoms with van der Waals surface area (Å²) >= 11 is 4.01. The minimum absolute atomic E-state index is 0.145. The van der Waals surface area contributed by atoms with Crippen molar-refractivity contribution >= 4 is 24.7 Å². The largest absolute Gasteiger partial charge is 0.478 e. The number of para-hydroxylation sites is 1. The van der Waals surface area contributed by atoms with Gasteiger partial charge in [-0.25, -0.2) is 9.59 Å². The zero-order valence-corrected chi connectivity index (χ0v) is 13.6. The fraction of sp³-hybridized carbons (Fsp3) is 0.0667. The van der Waals surface area contributed by atoms with Gasteiger partial charge in [0.15, 0.2) is 0 Å². The second-order valence-electron chi connectivity index (χ2n) is 4.38. The molecule has 2 rings (SSSR count). The number of rotatable bonds is 5. The first-order chi connectivity index (χ1) is 11.8. The molecule has 2 aromatic carbocycles. The minimum Gasteiger partial charge on any atom is -0.478 e. The summed E-state index contributed by atoms with van der Waals surface area (Å²) < 4.78 is 4.61. The fourth-order valence-electron chi connectivity index (χ4n) is 1.56. The summed E-state index contributed by atoms with van der Waals surface area (Å²) in [6.45, 7) is -0.295. The topological polar surface area (TPSA) is 142 Å². The number of amides is 1. The van der Waals surface area contributed by atoms with Crippen LogP contribution >= 0.6 is 12.6 Å². The van der Waals surface area contributed by atoms with Crippen molar-refractivity contribution in [1.82, 2.24) is 0 Å². The van der Waals surface area contributed by atoms with E-state index in [1.165, 1.54) is 24.3 Å². The lowest BCUT2D eigenvalue weighted by molar-refractivity contribution is -0.763. The van der Waals surface area contributed by atoms with E-state index in [0.717, 1.165) is 4.90 Å². The highest BCUT2D eigenvalue weighted by Gasteiger charge is 2.07. The molecule has 0 saturated carbocycles. The lowest BCUT2D eigenvalue weighted by atomic mass is 10.2. The van der Waals surface area contributed by atoms with E-state index < -0.39 is 17.1 Å². The number of hydrogen-bond acceptors (Lipinski definition) is 7. The first-order valence-corrected chi connectivity index (χ1v) is 7.09. The molecule has 10 heteroatoms. The van der Waals surface area contributed by atoms with Crippen LogP contribution in [0.25, 0.3) is 0 Å². The zero-order valence-electron chi connectivity index (χ0n) is 12.7. The normalized spacial score (nSPS) is 9.32. The van der Waals surface area contributed by atoms with Gasteiger partial charge in [-0.3, -0.25) is 0 Å².